The third-order valence-corrected chi connectivity index (χ3v) is 7.87. The largest absolute Gasteiger partial charge is 0.512 e. The van der Waals surface area contributed by atoms with Crippen molar-refractivity contribution in [1.29, 1.82) is 0 Å². The summed E-state index contributed by atoms with van der Waals surface area (Å²) in [6.45, 7) is 0.244. The minimum absolute atomic E-state index is 0.0697. The van der Waals surface area contributed by atoms with Gasteiger partial charge in [-0.15, -0.1) is 0 Å². The van der Waals surface area contributed by atoms with Crippen molar-refractivity contribution in [2.75, 3.05) is 6.79 Å². The molecule has 0 bridgehead atoms. The third-order valence-electron chi connectivity index (χ3n) is 6.22. The van der Waals surface area contributed by atoms with Crippen LogP contribution in [-0.2, 0) is 11.3 Å². The van der Waals surface area contributed by atoms with Crippen LogP contribution in [0.4, 0.5) is 4.79 Å². The topological polar surface area (TPSA) is 133 Å². The average molecular weight is 535 g/mol. The van der Waals surface area contributed by atoms with E-state index in [4.69, 9.17) is 40.3 Å². The SMILES string of the molecule is O=C(O)CC1CCC(Sc2nc(-c3ccco3)n(Cc3cc4c(cc3Cl)OCO4)c2OC(=O)O)CC1. The number of hydrogen-bond donors (Lipinski definition) is 2. The molecule has 0 radical (unpaired) electrons. The summed E-state index contributed by atoms with van der Waals surface area (Å²) in [5.41, 5.74) is 0.659. The number of imidazole rings is 1. The van der Waals surface area contributed by atoms with Gasteiger partial charge in [-0.3, -0.25) is 9.36 Å². The number of hydrogen-bond acceptors (Lipinski definition) is 8. The fourth-order valence-electron chi connectivity index (χ4n) is 4.52. The van der Waals surface area contributed by atoms with Crippen molar-refractivity contribution in [2.45, 2.75) is 48.9 Å². The van der Waals surface area contributed by atoms with Gasteiger partial charge < -0.3 is 28.8 Å². The molecule has 1 fully saturated rings. The van der Waals surface area contributed by atoms with E-state index in [0.717, 1.165) is 25.7 Å². The highest BCUT2D eigenvalue weighted by molar-refractivity contribution is 8.00. The first-order valence-corrected chi connectivity index (χ1v) is 12.6. The molecule has 0 atom stereocenters. The molecule has 2 N–H and O–H groups in total. The third kappa shape index (κ3) is 5.26. The highest BCUT2D eigenvalue weighted by Gasteiger charge is 2.30. The number of carboxylic acid groups (broad SMARTS) is 2. The van der Waals surface area contributed by atoms with Gasteiger partial charge in [0.15, 0.2) is 28.1 Å². The van der Waals surface area contributed by atoms with E-state index in [1.807, 2.05) is 0 Å². The van der Waals surface area contributed by atoms with E-state index in [0.29, 0.717) is 38.7 Å². The Balaban J connectivity index is 1.48. The number of thioether (sulfide) groups is 1. The summed E-state index contributed by atoms with van der Waals surface area (Å²) in [5, 5.41) is 19.6. The van der Waals surface area contributed by atoms with Crippen LogP contribution in [0.15, 0.2) is 40.0 Å². The molecule has 0 amide bonds. The number of carboxylic acids is 1. The summed E-state index contributed by atoms with van der Waals surface area (Å²) in [5.74, 6) is 1.36. The van der Waals surface area contributed by atoms with Crippen molar-refractivity contribution in [2.24, 2.45) is 5.92 Å². The summed E-state index contributed by atoms with van der Waals surface area (Å²) in [6, 6.07) is 6.86. The number of furan rings is 1. The van der Waals surface area contributed by atoms with Gasteiger partial charge in [0, 0.05) is 22.8 Å². The Bertz CT molecular complexity index is 1270. The second kappa shape index (κ2) is 10.4. The fourth-order valence-corrected chi connectivity index (χ4v) is 5.95. The van der Waals surface area contributed by atoms with E-state index in [1.165, 1.54) is 18.0 Å². The summed E-state index contributed by atoms with van der Waals surface area (Å²) in [7, 11) is 0. The molecule has 1 aliphatic heterocycles. The lowest BCUT2D eigenvalue weighted by atomic mass is 9.87. The van der Waals surface area contributed by atoms with Crippen LogP contribution < -0.4 is 14.2 Å². The number of ether oxygens (including phenoxy) is 3. The molecule has 190 valence electrons. The first-order chi connectivity index (χ1) is 17.4. The van der Waals surface area contributed by atoms with Crippen LogP contribution in [0.1, 0.15) is 37.7 Å². The molecule has 2 aromatic heterocycles. The molecule has 12 heteroatoms. The smallest absolute Gasteiger partial charge is 0.481 e. The number of aromatic nitrogens is 2. The summed E-state index contributed by atoms with van der Waals surface area (Å²) in [6.07, 6.45) is 3.38. The maximum Gasteiger partial charge on any atom is 0.512 e. The van der Waals surface area contributed by atoms with E-state index in [1.54, 1.807) is 28.8 Å². The molecule has 0 spiro atoms. The Morgan fingerprint density at radius 3 is 2.58 bits per heavy atom. The zero-order valence-corrected chi connectivity index (χ0v) is 20.6. The predicted octanol–water partition coefficient (Wildman–Crippen LogP) is 5.76. The van der Waals surface area contributed by atoms with Crippen LogP contribution in [0.5, 0.6) is 17.4 Å². The average Bonchev–Trinajstić information content (AvgIpc) is 3.57. The van der Waals surface area contributed by atoms with E-state index < -0.39 is 12.1 Å². The lowest BCUT2D eigenvalue weighted by Crippen LogP contribution is -2.19. The van der Waals surface area contributed by atoms with Crippen molar-refractivity contribution in [3.63, 3.8) is 0 Å². The van der Waals surface area contributed by atoms with Crippen LogP contribution in [0, 0.1) is 5.92 Å². The van der Waals surface area contributed by atoms with Gasteiger partial charge in [0.25, 0.3) is 0 Å². The highest BCUT2D eigenvalue weighted by atomic mass is 35.5. The number of halogens is 1. The second-order valence-electron chi connectivity index (χ2n) is 8.63. The van der Waals surface area contributed by atoms with Crippen molar-refractivity contribution in [1.82, 2.24) is 9.55 Å². The summed E-state index contributed by atoms with van der Waals surface area (Å²) in [4.78, 5) is 27.4. The first kappa shape index (κ1) is 24.4. The lowest BCUT2D eigenvalue weighted by Gasteiger charge is -2.26. The Labute approximate surface area is 215 Å². The molecule has 5 rings (SSSR count). The first-order valence-electron chi connectivity index (χ1n) is 11.4. The zero-order chi connectivity index (χ0) is 25.2. The summed E-state index contributed by atoms with van der Waals surface area (Å²) >= 11 is 7.94. The van der Waals surface area contributed by atoms with E-state index in [9.17, 15) is 14.7 Å². The van der Waals surface area contributed by atoms with Gasteiger partial charge >= 0.3 is 12.1 Å². The Hall–Kier alpha value is -3.31. The fraction of sp³-hybridized carbons (Fsp3) is 0.375. The molecule has 2 aliphatic rings. The van der Waals surface area contributed by atoms with Crippen LogP contribution >= 0.6 is 23.4 Å². The Kier molecular flexibility index (Phi) is 7.01. The number of nitrogens with zero attached hydrogens (tertiary/aromatic N) is 2. The molecule has 3 heterocycles. The van der Waals surface area contributed by atoms with Crippen LogP contribution in [0.2, 0.25) is 5.02 Å². The number of fused-ring (bicyclic) bond motifs is 1. The van der Waals surface area contributed by atoms with Gasteiger partial charge in [-0.25, -0.2) is 9.78 Å². The molecule has 0 saturated heterocycles. The van der Waals surface area contributed by atoms with Crippen LogP contribution in [0.3, 0.4) is 0 Å². The highest BCUT2D eigenvalue weighted by Crippen LogP contribution is 2.43. The Morgan fingerprint density at radius 2 is 1.92 bits per heavy atom. The van der Waals surface area contributed by atoms with Crippen molar-refractivity contribution >= 4 is 35.5 Å². The van der Waals surface area contributed by atoms with Gasteiger partial charge in [0.1, 0.15) is 0 Å². The molecule has 1 aromatic carbocycles. The molecule has 0 unspecified atom stereocenters. The van der Waals surface area contributed by atoms with Gasteiger partial charge in [-0.05, 0) is 55.4 Å². The van der Waals surface area contributed by atoms with E-state index >= 15 is 0 Å². The van der Waals surface area contributed by atoms with Gasteiger partial charge in [0.05, 0.1) is 12.8 Å². The molecular formula is C24H23ClN2O8S. The minimum atomic E-state index is -1.47. The molecule has 10 nitrogen and oxygen atoms in total. The monoisotopic (exact) mass is 534 g/mol. The van der Waals surface area contributed by atoms with E-state index in [2.05, 4.69) is 0 Å². The van der Waals surface area contributed by atoms with Crippen molar-refractivity contribution < 1.29 is 38.4 Å². The molecule has 1 saturated carbocycles. The van der Waals surface area contributed by atoms with Crippen molar-refractivity contribution in [3.8, 4) is 29.0 Å². The maximum absolute atomic E-state index is 11.7. The quantitative estimate of drug-likeness (QED) is 0.344. The van der Waals surface area contributed by atoms with Gasteiger partial charge in [0.2, 0.25) is 12.7 Å². The zero-order valence-electron chi connectivity index (χ0n) is 19.0. The minimum Gasteiger partial charge on any atom is -0.481 e. The van der Waals surface area contributed by atoms with Gasteiger partial charge in [-0.2, -0.15) is 0 Å². The van der Waals surface area contributed by atoms with Crippen LogP contribution in [0.25, 0.3) is 11.6 Å². The molecule has 36 heavy (non-hydrogen) atoms. The number of carbonyl (C=O) groups is 2. The Morgan fingerprint density at radius 1 is 1.17 bits per heavy atom. The van der Waals surface area contributed by atoms with Crippen LogP contribution in [-0.4, -0.2) is 43.9 Å². The van der Waals surface area contributed by atoms with E-state index in [-0.39, 0.29) is 36.8 Å². The normalized spacial score (nSPS) is 18.8. The lowest BCUT2D eigenvalue weighted by molar-refractivity contribution is -0.138. The summed E-state index contributed by atoms with van der Waals surface area (Å²) < 4.78 is 23.3. The number of benzene rings is 1. The molecule has 3 aromatic rings. The van der Waals surface area contributed by atoms with Gasteiger partial charge in [-0.1, -0.05) is 23.4 Å². The standard InChI is InChI=1S/C24H23ClN2O8S/c25-16-10-19-18(33-12-34-19)9-14(16)11-27-21(17-2-1-7-32-17)26-22(23(27)35-24(30)31)36-15-5-3-13(4-6-15)8-20(28)29/h1-2,7,9-10,13,15H,3-6,8,11-12H2,(H,28,29)(H,30,31). The molecule has 1 aliphatic carbocycles. The second-order valence-corrected chi connectivity index (χ2v) is 10.3. The predicted molar refractivity (Wildman–Crippen MR) is 129 cm³/mol. The van der Waals surface area contributed by atoms with Crippen molar-refractivity contribution in [3.05, 3.63) is 41.1 Å². The maximum atomic E-state index is 11.7. The number of aliphatic carboxylic acids is 1. The number of rotatable bonds is 8. The molecular weight excluding hydrogens is 512 g/mol.